The summed E-state index contributed by atoms with van der Waals surface area (Å²) in [6.07, 6.45) is -0.191. The summed E-state index contributed by atoms with van der Waals surface area (Å²) in [5, 5.41) is 29.5. The first-order valence-corrected chi connectivity index (χ1v) is 12.2. The Morgan fingerprint density at radius 1 is 0.677 bits per heavy atom. The molecule has 10 heteroatoms. The number of aromatic carboxylic acids is 1. The highest BCUT2D eigenvalue weighted by atomic mass is 32.1. The van der Waals surface area contributed by atoms with Gasteiger partial charge in [0, 0.05) is 29.3 Å². The van der Waals surface area contributed by atoms with Gasteiger partial charge in [-0.1, -0.05) is 0 Å². The van der Waals surface area contributed by atoms with Crippen LogP contribution in [0, 0.1) is 0 Å². The number of aliphatic carboxylic acids is 2. The van der Waals surface area contributed by atoms with E-state index in [-0.39, 0.29) is 17.7 Å². The Bertz CT molecular complexity index is 1290. The quantitative estimate of drug-likeness (QED) is 0.284. The van der Waals surface area contributed by atoms with Crippen molar-refractivity contribution in [2.75, 3.05) is 0 Å². The average molecular weight is 491 g/mol. The van der Waals surface area contributed by atoms with Crippen molar-refractivity contribution < 1.29 is 29.7 Å². The lowest BCUT2D eigenvalue weighted by Gasteiger charge is -1.99. The summed E-state index contributed by atoms with van der Waals surface area (Å²) in [6, 6.07) is 10.7. The molecule has 0 unspecified atom stereocenters. The zero-order valence-electron chi connectivity index (χ0n) is 15.7. The maximum absolute atomic E-state index is 11.4. The van der Waals surface area contributed by atoms with Crippen LogP contribution in [0.15, 0.2) is 41.8 Å². The molecule has 0 aromatic carbocycles. The van der Waals surface area contributed by atoms with Crippen LogP contribution in [-0.2, 0) is 22.4 Å². The van der Waals surface area contributed by atoms with E-state index in [1.54, 1.807) is 12.1 Å². The molecule has 0 aliphatic carbocycles. The van der Waals surface area contributed by atoms with E-state index in [0.717, 1.165) is 46.2 Å². The molecule has 4 heterocycles. The molecule has 0 spiro atoms. The van der Waals surface area contributed by atoms with Crippen LogP contribution >= 0.6 is 45.3 Å². The van der Waals surface area contributed by atoms with Crippen molar-refractivity contribution >= 4 is 63.3 Å². The predicted octanol–water partition coefficient (Wildman–Crippen LogP) is 5.89. The third-order valence-corrected chi connectivity index (χ3v) is 9.20. The maximum Gasteiger partial charge on any atom is 0.345 e. The van der Waals surface area contributed by atoms with Crippen LogP contribution in [0.4, 0.5) is 0 Å². The Morgan fingerprint density at radius 2 is 1.32 bits per heavy atom. The second-order valence-electron chi connectivity index (χ2n) is 6.51. The molecule has 4 aromatic rings. The Morgan fingerprint density at radius 3 is 1.97 bits per heavy atom. The summed E-state index contributed by atoms with van der Waals surface area (Å²) in [7, 11) is 0. The molecule has 31 heavy (non-hydrogen) atoms. The van der Waals surface area contributed by atoms with Crippen molar-refractivity contribution in [1.82, 2.24) is 0 Å². The van der Waals surface area contributed by atoms with E-state index in [4.69, 9.17) is 5.11 Å². The monoisotopic (exact) mass is 490 g/mol. The summed E-state index contributed by atoms with van der Waals surface area (Å²) in [5.41, 5.74) is 1.42. The van der Waals surface area contributed by atoms with E-state index in [0.29, 0.717) is 5.56 Å². The van der Waals surface area contributed by atoms with Crippen LogP contribution in [0.2, 0.25) is 0 Å². The Hall–Kier alpha value is -2.79. The van der Waals surface area contributed by atoms with Gasteiger partial charge in [-0.05, 0) is 52.9 Å². The lowest BCUT2D eigenvalue weighted by atomic mass is 10.1. The predicted molar refractivity (Wildman–Crippen MR) is 124 cm³/mol. The van der Waals surface area contributed by atoms with Gasteiger partial charge in [0.15, 0.2) is 0 Å². The van der Waals surface area contributed by atoms with E-state index in [2.05, 4.69) is 0 Å². The van der Waals surface area contributed by atoms with Gasteiger partial charge in [-0.25, -0.2) is 4.79 Å². The van der Waals surface area contributed by atoms with Gasteiger partial charge >= 0.3 is 17.9 Å². The number of carbonyl (C=O) groups is 3. The van der Waals surface area contributed by atoms with Gasteiger partial charge in [-0.15, -0.1) is 45.3 Å². The molecule has 0 radical (unpaired) electrons. The molecular weight excluding hydrogens is 476 g/mol. The summed E-state index contributed by atoms with van der Waals surface area (Å²) in [5.74, 6) is -2.82. The third-order valence-electron chi connectivity index (χ3n) is 4.35. The van der Waals surface area contributed by atoms with Gasteiger partial charge in [-0.3, -0.25) is 9.59 Å². The number of carboxylic acids is 3. The van der Waals surface area contributed by atoms with E-state index >= 15 is 0 Å². The minimum atomic E-state index is -0.991. The van der Waals surface area contributed by atoms with Crippen molar-refractivity contribution in [3.05, 3.63) is 57.8 Å². The Kier molecular flexibility index (Phi) is 6.05. The fraction of sp³-hybridized carbons (Fsp3) is 0.0952. The zero-order chi connectivity index (χ0) is 22.1. The van der Waals surface area contributed by atoms with Crippen molar-refractivity contribution in [2.45, 2.75) is 12.8 Å². The third kappa shape index (κ3) is 4.62. The molecule has 0 bridgehead atoms. The van der Waals surface area contributed by atoms with E-state index in [1.807, 2.05) is 29.6 Å². The highest BCUT2D eigenvalue weighted by molar-refractivity contribution is 7.28. The Labute approximate surface area is 192 Å². The smallest absolute Gasteiger partial charge is 0.345 e. The number of thiophene rings is 4. The van der Waals surface area contributed by atoms with Gasteiger partial charge in [0.1, 0.15) is 4.88 Å². The SMILES string of the molecule is O=C(O)Cc1ccsc1-c1ccc(-c2sc(-c3ccc(C(=O)O)s3)cc2CC(=O)O)s1. The molecule has 6 nitrogen and oxygen atoms in total. The topological polar surface area (TPSA) is 112 Å². The second-order valence-corrected chi connectivity index (χ2v) is 10.6. The molecule has 158 valence electrons. The van der Waals surface area contributed by atoms with E-state index in [1.165, 1.54) is 34.0 Å². The average Bonchev–Trinajstić information content (AvgIpc) is 3.46. The fourth-order valence-electron chi connectivity index (χ4n) is 3.07. The van der Waals surface area contributed by atoms with Crippen LogP contribution in [0.25, 0.3) is 29.3 Å². The summed E-state index contributed by atoms with van der Waals surface area (Å²) < 4.78 is 0. The summed E-state index contributed by atoms with van der Waals surface area (Å²) in [4.78, 5) is 39.1. The highest BCUT2D eigenvalue weighted by Gasteiger charge is 2.19. The highest BCUT2D eigenvalue weighted by Crippen LogP contribution is 2.45. The van der Waals surface area contributed by atoms with Crippen LogP contribution in [0.3, 0.4) is 0 Å². The molecule has 4 rings (SSSR count). The van der Waals surface area contributed by atoms with Crippen LogP contribution in [0.1, 0.15) is 20.8 Å². The lowest BCUT2D eigenvalue weighted by Crippen LogP contribution is -1.99. The molecule has 0 aliphatic heterocycles. The van der Waals surface area contributed by atoms with Crippen molar-refractivity contribution in [1.29, 1.82) is 0 Å². The minimum Gasteiger partial charge on any atom is -0.481 e. The van der Waals surface area contributed by atoms with Gasteiger partial charge in [0.05, 0.1) is 12.8 Å². The molecule has 0 saturated carbocycles. The molecule has 0 amide bonds. The van der Waals surface area contributed by atoms with Crippen molar-refractivity contribution in [2.24, 2.45) is 0 Å². The van der Waals surface area contributed by atoms with Gasteiger partial charge in [-0.2, -0.15) is 0 Å². The minimum absolute atomic E-state index is 0.0518. The van der Waals surface area contributed by atoms with Gasteiger partial charge in [0.2, 0.25) is 0 Å². The second kappa shape index (κ2) is 8.75. The molecular formula is C21H14O6S4. The zero-order valence-corrected chi connectivity index (χ0v) is 18.9. The maximum atomic E-state index is 11.4. The van der Waals surface area contributed by atoms with Crippen molar-refractivity contribution in [3.63, 3.8) is 0 Å². The first-order valence-electron chi connectivity index (χ1n) is 8.88. The Balaban J connectivity index is 1.73. The normalized spacial score (nSPS) is 11.0. The van der Waals surface area contributed by atoms with Gasteiger partial charge in [0.25, 0.3) is 0 Å². The number of hydrogen-bond acceptors (Lipinski definition) is 7. The largest absolute Gasteiger partial charge is 0.481 e. The lowest BCUT2D eigenvalue weighted by molar-refractivity contribution is -0.137. The standard InChI is InChI=1S/C21H14O6S4/c22-17(23)8-10-5-6-28-19(10)13-2-3-14(30-13)20-11(9-18(24)25)7-16(31-20)12-1-4-15(29-12)21(26)27/h1-7H,8-9H2,(H,22,23)(H,24,25)(H,26,27). The molecule has 0 atom stereocenters. The fourth-order valence-corrected chi connectivity index (χ4v) is 7.42. The van der Waals surface area contributed by atoms with E-state index in [9.17, 15) is 24.6 Å². The van der Waals surface area contributed by atoms with Gasteiger partial charge < -0.3 is 15.3 Å². The number of hydrogen-bond donors (Lipinski definition) is 3. The summed E-state index contributed by atoms with van der Waals surface area (Å²) in [6.45, 7) is 0. The molecule has 0 saturated heterocycles. The summed E-state index contributed by atoms with van der Waals surface area (Å²) >= 11 is 5.55. The number of rotatable bonds is 8. The molecule has 0 aliphatic rings. The first-order chi connectivity index (χ1) is 14.8. The first kappa shape index (κ1) is 21.4. The van der Waals surface area contributed by atoms with Crippen LogP contribution in [0.5, 0.6) is 0 Å². The van der Waals surface area contributed by atoms with Crippen LogP contribution in [-0.4, -0.2) is 33.2 Å². The van der Waals surface area contributed by atoms with Crippen LogP contribution < -0.4 is 0 Å². The van der Waals surface area contributed by atoms with E-state index < -0.39 is 17.9 Å². The molecule has 0 fully saturated rings. The molecule has 4 aromatic heterocycles. The number of carboxylic acid groups (broad SMARTS) is 3. The van der Waals surface area contributed by atoms with Crippen molar-refractivity contribution in [3.8, 4) is 29.3 Å². The molecule has 3 N–H and O–H groups in total.